The molecule has 0 aliphatic heterocycles. The molecule has 8 rings (SSSR count). The Bertz CT molecular complexity index is 1400. The van der Waals surface area contributed by atoms with Gasteiger partial charge in [0.05, 0.1) is 0 Å². The van der Waals surface area contributed by atoms with Gasteiger partial charge in [-0.1, -0.05) is 203 Å². The molecule has 0 bridgehead atoms. The Balaban J connectivity index is 0.000000181. The van der Waals surface area contributed by atoms with Gasteiger partial charge in [-0.15, -0.1) is 0 Å². The molecule has 0 heteroatoms. The van der Waals surface area contributed by atoms with Crippen LogP contribution in [-0.2, 0) is 19.3 Å². The monoisotopic (exact) mass is 817 g/mol. The molecular formula is C60H96. The zero-order valence-electron chi connectivity index (χ0n) is 40.2. The third-order valence-corrected chi connectivity index (χ3v) is 18.8. The second-order valence-electron chi connectivity index (χ2n) is 23.5. The van der Waals surface area contributed by atoms with Gasteiger partial charge in [0.2, 0.25) is 0 Å². The van der Waals surface area contributed by atoms with Crippen LogP contribution < -0.4 is 0 Å². The number of benzene rings is 2. The molecule has 0 unspecified atom stereocenters. The first-order valence-electron chi connectivity index (χ1n) is 27.5. The van der Waals surface area contributed by atoms with Crippen molar-refractivity contribution in [1.29, 1.82) is 0 Å². The highest BCUT2D eigenvalue weighted by Crippen LogP contribution is 2.43. The van der Waals surface area contributed by atoms with Crippen LogP contribution in [0.25, 0.3) is 0 Å². The summed E-state index contributed by atoms with van der Waals surface area (Å²) >= 11 is 0. The molecule has 6 aliphatic carbocycles. The normalized spacial score (nSPS) is 35.3. The van der Waals surface area contributed by atoms with E-state index < -0.39 is 0 Å². The fourth-order valence-electron chi connectivity index (χ4n) is 14.3. The van der Waals surface area contributed by atoms with Gasteiger partial charge in [0.25, 0.3) is 0 Å². The van der Waals surface area contributed by atoms with E-state index in [1.54, 1.807) is 74.5 Å². The van der Waals surface area contributed by atoms with Crippen LogP contribution in [0.5, 0.6) is 0 Å². The van der Waals surface area contributed by atoms with Crippen LogP contribution in [0.1, 0.15) is 229 Å². The maximum atomic E-state index is 2.46. The minimum Gasteiger partial charge on any atom is -0.0651 e. The lowest BCUT2D eigenvalue weighted by molar-refractivity contribution is 0.163. The summed E-state index contributed by atoms with van der Waals surface area (Å²) in [4.78, 5) is 0. The SMILES string of the molecule is CCC1CCC(CC2CCC(CC3CCC(Cc4ccc(C)cc4)CC3)CC2)CC1.CCC1CCC(CC2CCC(Cc3ccc(CC4CCC(C)CC4)cc3)CC2)CC1. The first kappa shape index (κ1) is 46.4. The van der Waals surface area contributed by atoms with Crippen LogP contribution in [0.15, 0.2) is 48.5 Å². The average Bonchev–Trinajstić information content (AvgIpc) is 3.29. The van der Waals surface area contributed by atoms with E-state index >= 15 is 0 Å². The van der Waals surface area contributed by atoms with Gasteiger partial charge in [-0.2, -0.15) is 0 Å². The summed E-state index contributed by atoms with van der Waals surface area (Å²) in [5.41, 5.74) is 6.13. The second-order valence-corrected chi connectivity index (χ2v) is 23.5. The molecule has 0 atom stereocenters. The van der Waals surface area contributed by atoms with Crippen molar-refractivity contribution in [2.75, 3.05) is 0 Å². The van der Waals surface area contributed by atoms with Crippen LogP contribution in [0, 0.1) is 77.9 Å². The van der Waals surface area contributed by atoms with E-state index in [-0.39, 0.29) is 0 Å². The van der Waals surface area contributed by atoms with Gasteiger partial charge in [-0.25, -0.2) is 0 Å². The van der Waals surface area contributed by atoms with E-state index in [1.807, 2.05) is 0 Å². The summed E-state index contributed by atoms with van der Waals surface area (Å²) in [6.07, 6.45) is 47.7. The zero-order chi connectivity index (χ0) is 41.5. The molecule has 0 N–H and O–H groups in total. The molecule has 336 valence electrons. The van der Waals surface area contributed by atoms with Gasteiger partial charge in [0, 0.05) is 0 Å². The molecule has 0 nitrogen and oxygen atoms in total. The number of hydrogen-bond acceptors (Lipinski definition) is 0. The minimum atomic E-state index is 0.944. The summed E-state index contributed by atoms with van der Waals surface area (Å²) in [6.45, 7) is 9.40. The summed E-state index contributed by atoms with van der Waals surface area (Å²) in [7, 11) is 0. The lowest BCUT2D eigenvalue weighted by Gasteiger charge is -2.36. The predicted octanol–water partition coefficient (Wildman–Crippen LogP) is 18.2. The molecular weight excluding hydrogens is 721 g/mol. The molecule has 6 saturated carbocycles. The molecule has 0 saturated heterocycles. The lowest BCUT2D eigenvalue weighted by Crippen LogP contribution is -2.23. The second kappa shape index (κ2) is 24.5. The van der Waals surface area contributed by atoms with Crippen molar-refractivity contribution >= 4 is 0 Å². The average molecular weight is 817 g/mol. The predicted molar refractivity (Wildman–Crippen MR) is 262 cm³/mol. The first-order chi connectivity index (χ1) is 29.3. The van der Waals surface area contributed by atoms with Crippen LogP contribution in [0.2, 0.25) is 0 Å². The van der Waals surface area contributed by atoms with Gasteiger partial charge < -0.3 is 0 Å². The Labute approximate surface area is 373 Å². The third-order valence-electron chi connectivity index (χ3n) is 18.8. The molecule has 0 heterocycles. The van der Waals surface area contributed by atoms with Crippen molar-refractivity contribution in [2.24, 2.45) is 71.0 Å². The molecule has 2 aromatic carbocycles. The van der Waals surface area contributed by atoms with Crippen molar-refractivity contribution < 1.29 is 0 Å². The third kappa shape index (κ3) is 15.3. The van der Waals surface area contributed by atoms with E-state index in [0.29, 0.717) is 0 Å². The lowest BCUT2D eigenvalue weighted by atomic mass is 9.70. The smallest absolute Gasteiger partial charge is 0.0250 e. The van der Waals surface area contributed by atoms with Crippen molar-refractivity contribution in [3.63, 3.8) is 0 Å². The van der Waals surface area contributed by atoms with Crippen molar-refractivity contribution in [3.05, 3.63) is 70.8 Å². The molecule has 6 fully saturated rings. The highest BCUT2D eigenvalue weighted by Gasteiger charge is 2.30. The Morgan fingerprint density at radius 2 is 0.517 bits per heavy atom. The van der Waals surface area contributed by atoms with E-state index in [4.69, 9.17) is 0 Å². The molecule has 0 spiro atoms. The Hall–Kier alpha value is -1.56. The summed E-state index contributed by atoms with van der Waals surface area (Å²) in [5.74, 6) is 12.3. The first-order valence-corrected chi connectivity index (χ1v) is 27.5. The van der Waals surface area contributed by atoms with E-state index in [2.05, 4.69) is 76.2 Å². The quantitative estimate of drug-likeness (QED) is 0.178. The highest BCUT2D eigenvalue weighted by atomic mass is 14.4. The van der Waals surface area contributed by atoms with Crippen LogP contribution in [0.3, 0.4) is 0 Å². The molecule has 0 radical (unpaired) electrons. The minimum absolute atomic E-state index is 0.944. The van der Waals surface area contributed by atoms with Gasteiger partial charge in [-0.3, -0.25) is 0 Å². The number of aryl methyl sites for hydroxylation is 1. The fraction of sp³-hybridized carbons (Fsp3) is 0.800. The Kier molecular flexibility index (Phi) is 19.0. The maximum Gasteiger partial charge on any atom is -0.0250 e. The van der Waals surface area contributed by atoms with E-state index in [0.717, 1.165) is 71.0 Å². The molecule has 6 aliphatic rings. The topological polar surface area (TPSA) is 0 Å². The largest absolute Gasteiger partial charge is 0.0651 e. The standard InChI is InChI=1S/2C30H48/c2*1-3-24-8-10-26(11-9-24)21-28-16-18-30(19-17-28)22-29-14-12-27(13-15-29)20-25-6-4-23(2)5-7-25/h12-15,23-26,28,30H,3-11,16-22H2,1-2H3;4-7,24,26-30H,3,8-22H2,1-2H3. The summed E-state index contributed by atoms with van der Waals surface area (Å²) in [5, 5.41) is 0. The summed E-state index contributed by atoms with van der Waals surface area (Å²) < 4.78 is 0. The molecule has 2 aromatic rings. The van der Waals surface area contributed by atoms with Crippen molar-refractivity contribution in [1.82, 2.24) is 0 Å². The van der Waals surface area contributed by atoms with Gasteiger partial charge in [0.15, 0.2) is 0 Å². The van der Waals surface area contributed by atoms with Gasteiger partial charge >= 0.3 is 0 Å². The molecule has 0 aromatic heterocycles. The molecule has 0 amide bonds. The highest BCUT2D eigenvalue weighted by molar-refractivity contribution is 5.24. The van der Waals surface area contributed by atoms with Gasteiger partial charge in [-0.05, 0) is 172 Å². The number of rotatable bonds is 14. The van der Waals surface area contributed by atoms with Crippen molar-refractivity contribution in [2.45, 2.75) is 233 Å². The van der Waals surface area contributed by atoms with E-state index in [1.165, 1.54) is 153 Å². The van der Waals surface area contributed by atoms with Crippen LogP contribution >= 0.6 is 0 Å². The molecule has 60 heavy (non-hydrogen) atoms. The van der Waals surface area contributed by atoms with Crippen LogP contribution in [-0.4, -0.2) is 0 Å². The fourth-order valence-corrected chi connectivity index (χ4v) is 14.3. The van der Waals surface area contributed by atoms with Crippen molar-refractivity contribution in [3.8, 4) is 0 Å². The summed E-state index contributed by atoms with van der Waals surface area (Å²) in [6, 6.07) is 19.1. The number of hydrogen-bond donors (Lipinski definition) is 0. The Morgan fingerprint density at radius 3 is 0.783 bits per heavy atom. The maximum absolute atomic E-state index is 2.46. The Morgan fingerprint density at radius 1 is 0.300 bits per heavy atom. The van der Waals surface area contributed by atoms with E-state index in [9.17, 15) is 0 Å². The van der Waals surface area contributed by atoms with Crippen LogP contribution in [0.4, 0.5) is 0 Å². The van der Waals surface area contributed by atoms with Gasteiger partial charge in [0.1, 0.15) is 0 Å². The zero-order valence-corrected chi connectivity index (χ0v) is 40.2.